The molecule has 1 aliphatic rings. The normalized spacial score (nSPS) is 20.9. The van der Waals surface area contributed by atoms with Crippen molar-refractivity contribution in [3.05, 3.63) is 22.4 Å². The largest absolute Gasteiger partial charge is 0.390 e. The Kier molecular flexibility index (Phi) is 2.82. The number of rotatable bonds is 2. The van der Waals surface area contributed by atoms with Gasteiger partial charge in [0.2, 0.25) is 5.91 Å². The molecule has 0 spiro atoms. The molecule has 1 fully saturated rings. The number of aliphatic hydroxyl groups excluding tert-OH is 1. The smallest absolute Gasteiger partial charge is 0.328 e. The molecule has 16 heavy (non-hydrogen) atoms. The Morgan fingerprint density at radius 3 is 2.81 bits per heavy atom. The number of carbonyl (C=O) groups excluding carboxylic acids is 1. The molecule has 6 heteroatoms. The first-order chi connectivity index (χ1) is 7.63. The summed E-state index contributed by atoms with van der Waals surface area (Å²) in [6.07, 6.45) is 2.77. The van der Waals surface area contributed by atoms with Crippen molar-refractivity contribution >= 4 is 5.91 Å². The number of aromatic nitrogens is 2. The molecule has 1 saturated heterocycles. The highest BCUT2D eigenvalue weighted by Gasteiger charge is 2.22. The van der Waals surface area contributed by atoms with Crippen LogP contribution in [0.4, 0.5) is 0 Å². The van der Waals surface area contributed by atoms with Gasteiger partial charge in [0, 0.05) is 26.2 Å². The number of nitrogens with zero attached hydrogens (tertiary/aromatic N) is 2. The van der Waals surface area contributed by atoms with Gasteiger partial charge in [0.25, 0.3) is 0 Å². The second kappa shape index (κ2) is 4.13. The molecule has 0 saturated carbocycles. The van der Waals surface area contributed by atoms with Crippen LogP contribution in [0.2, 0.25) is 0 Å². The van der Waals surface area contributed by atoms with E-state index < -0.39 is 0 Å². The van der Waals surface area contributed by atoms with Crippen LogP contribution in [-0.2, 0) is 18.4 Å². The zero-order valence-electron chi connectivity index (χ0n) is 9.14. The number of piperidine rings is 1. The van der Waals surface area contributed by atoms with Gasteiger partial charge >= 0.3 is 5.69 Å². The molecular formula is C10H15N3O3. The molecule has 0 radical (unpaired) electrons. The van der Waals surface area contributed by atoms with E-state index in [9.17, 15) is 9.59 Å². The molecule has 2 N–H and O–H groups in total. The quantitative estimate of drug-likeness (QED) is 0.687. The van der Waals surface area contributed by atoms with Crippen molar-refractivity contribution in [2.75, 3.05) is 6.54 Å². The van der Waals surface area contributed by atoms with Crippen LogP contribution in [0.15, 0.2) is 11.0 Å². The zero-order valence-corrected chi connectivity index (χ0v) is 9.14. The van der Waals surface area contributed by atoms with Crippen LogP contribution in [0.25, 0.3) is 0 Å². The lowest BCUT2D eigenvalue weighted by Crippen LogP contribution is -2.39. The van der Waals surface area contributed by atoms with E-state index in [1.165, 1.54) is 4.57 Å². The Labute approximate surface area is 92.5 Å². The molecule has 0 aliphatic carbocycles. The van der Waals surface area contributed by atoms with Gasteiger partial charge in [-0.1, -0.05) is 0 Å². The second-order valence-electron chi connectivity index (χ2n) is 4.02. The minimum absolute atomic E-state index is 0.00306. The molecule has 1 aromatic heterocycles. The third-order valence-corrected chi connectivity index (χ3v) is 3.02. The summed E-state index contributed by atoms with van der Waals surface area (Å²) >= 11 is 0. The first-order valence-corrected chi connectivity index (χ1v) is 5.27. The SMILES string of the molecule is Cn1c(CO)cn(C2CCC(=O)NC2)c1=O. The molecule has 1 aliphatic heterocycles. The molecular weight excluding hydrogens is 210 g/mol. The van der Waals surface area contributed by atoms with Crippen molar-refractivity contribution in [1.82, 2.24) is 14.5 Å². The Bertz CT molecular complexity index is 450. The van der Waals surface area contributed by atoms with Crippen molar-refractivity contribution in [2.24, 2.45) is 7.05 Å². The minimum atomic E-state index is -0.155. The molecule has 1 unspecified atom stereocenters. The van der Waals surface area contributed by atoms with Gasteiger partial charge in [-0.15, -0.1) is 0 Å². The van der Waals surface area contributed by atoms with Crippen molar-refractivity contribution in [3.63, 3.8) is 0 Å². The van der Waals surface area contributed by atoms with E-state index in [4.69, 9.17) is 5.11 Å². The number of amides is 1. The maximum Gasteiger partial charge on any atom is 0.328 e. The molecule has 6 nitrogen and oxygen atoms in total. The number of aliphatic hydroxyl groups is 1. The number of nitrogens with one attached hydrogen (secondary N) is 1. The lowest BCUT2D eigenvalue weighted by atomic mass is 10.1. The fourth-order valence-corrected chi connectivity index (χ4v) is 1.96. The van der Waals surface area contributed by atoms with Crippen molar-refractivity contribution < 1.29 is 9.90 Å². The van der Waals surface area contributed by atoms with E-state index in [1.807, 2.05) is 0 Å². The maximum atomic E-state index is 11.8. The van der Waals surface area contributed by atoms with E-state index in [2.05, 4.69) is 5.32 Å². The molecule has 1 atom stereocenters. The minimum Gasteiger partial charge on any atom is -0.390 e. The van der Waals surface area contributed by atoms with Crippen molar-refractivity contribution in [3.8, 4) is 0 Å². The first kappa shape index (κ1) is 10.9. The van der Waals surface area contributed by atoms with Gasteiger partial charge in [0.05, 0.1) is 18.3 Å². The standard InChI is InChI=1S/C10H15N3O3/c1-12-8(6-14)5-13(10(12)16)7-2-3-9(15)11-4-7/h5,7,14H,2-4,6H2,1H3,(H,11,15). The third-order valence-electron chi connectivity index (χ3n) is 3.02. The Morgan fingerprint density at radius 1 is 1.56 bits per heavy atom. The summed E-state index contributed by atoms with van der Waals surface area (Å²) in [5, 5.41) is 11.8. The molecule has 2 heterocycles. The second-order valence-corrected chi connectivity index (χ2v) is 4.02. The molecule has 0 bridgehead atoms. The van der Waals surface area contributed by atoms with Gasteiger partial charge in [-0.05, 0) is 6.42 Å². The van der Waals surface area contributed by atoms with E-state index in [-0.39, 0.29) is 24.2 Å². The summed E-state index contributed by atoms with van der Waals surface area (Å²) in [5.41, 5.74) is 0.437. The molecule has 1 amide bonds. The van der Waals surface area contributed by atoms with Crippen LogP contribution in [0.3, 0.4) is 0 Å². The van der Waals surface area contributed by atoms with Crippen LogP contribution < -0.4 is 11.0 Å². The van der Waals surface area contributed by atoms with E-state index >= 15 is 0 Å². The summed E-state index contributed by atoms with van der Waals surface area (Å²) in [4.78, 5) is 22.8. The Morgan fingerprint density at radius 2 is 2.31 bits per heavy atom. The average molecular weight is 225 g/mol. The van der Waals surface area contributed by atoms with Crippen LogP contribution in [0.5, 0.6) is 0 Å². The van der Waals surface area contributed by atoms with Crippen LogP contribution in [0.1, 0.15) is 24.6 Å². The van der Waals surface area contributed by atoms with Crippen molar-refractivity contribution in [1.29, 1.82) is 0 Å². The summed E-state index contributed by atoms with van der Waals surface area (Å²) in [5.74, 6) is 0.0302. The fraction of sp³-hybridized carbons (Fsp3) is 0.600. The summed E-state index contributed by atoms with van der Waals surface area (Å²) < 4.78 is 3.02. The van der Waals surface area contributed by atoms with Crippen molar-refractivity contribution in [2.45, 2.75) is 25.5 Å². The monoisotopic (exact) mass is 225 g/mol. The van der Waals surface area contributed by atoms with Crippen LogP contribution in [0, 0.1) is 0 Å². The average Bonchev–Trinajstić information content (AvgIpc) is 2.57. The van der Waals surface area contributed by atoms with Gasteiger partial charge in [-0.3, -0.25) is 13.9 Å². The maximum absolute atomic E-state index is 11.8. The van der Waals surface area contributed by atoms with Gasteiger partial charge in [0.1, 0.15) is 0 Å². The highest BCUT2D eigenvalue weighted by molar-refractivity contribution is 5.76. The highest BCUT2D eigenvalue weighted by atomic mass is 16.3. The van der Waals surface area contributed by atoms with E-state index in [1.54, 1.807) is 17.8 Å². The molecule has 0 aromatic carbocycles. The fourth-order valence-electron chi connectivity index (χ4n) is 1.96. The van der Waals surface area contributed by atoms with Gasteiger partial charge in [0.15, 0.2) is 0 Å². The predicted octanol–water partition coefficient (Wildman–Crippen LogP) is -0.870. The Hall–Kier alpha value is -1.56. The summed E-state index contributed by atoms with van der Waals surface area (Å²) in [7, 11) is 1.63. The van der Waals surface area contributed by atoms with Gasteiger partial charge in [-0.25, -0.2) is 4.79 Å². The van der Waals surface area contributed by atoms with Crippen LogP contribution in [-0.4, -0.2) is 26.7 Å². The molecule has 2 rings (SSSR count). The zero-order chi connectivity index (χ0) is 11.7. The number of carbonyl (C=O) groups is 1. The predicted molar refractivity (Wildman–Crippen MR) is 56.9 cm³/mol. The first-order valence-electron chi connectivity index (χ1n) is 5.27. The Balaban J connectivity index is 2.27. The summed E-state index contributed by atoms with van der Waals surface area (Å²) in [6.45, 7) is 0.325. The summed E-state index contributed by atoms with van der Waals surface area (Å²) in [6, 6.07) is -0.00306. The third kappa shape index (κ3) is 1.76. The van der Waals surface area contributed by atoms with Gasteiger partial charge in [-0.2, -0.15) is 0 Å². The lowest BCUT2D eigenvalue weighted by Gasteiger charge is -2.22. The van der Waals surface area contributed by atoms with Crippen LogP contribution >= 0.6 is 0 Å². The highest BCUT2D eigenvalue weighted by Crippen LogP contribution is 2.15. The number of hydrogen-bond acceptors (Lipinski definition) is 3. The lowest BCUT2D eigenvalue weighted by molar-refractivity contribution is -0.122. The van der Waals surface area contributed by atoms with Gasteiger partial charge < -0.3 is 10.4 Å². The van der Waals surface area contributed by atoms with E-state index in [0.717, 1.165) is 0 Å². The molecule has 1 aromatic rings. The molecule has 88 valence electrons. The number of imidazole rings is 1. The van der Waals surface area contributed by atoms with E-state index in [0.29, 0.717) is 25.1 Å². The number of hydrogen-bond donors (Lipinski definition) is 2. The topological polar surface area (TPSA) is 76.3 Å².